The van der Waals surface area contributed by atoms with Crippen molar-refractivity contribution in [3.63, 3.8) is 0 Å². The molecule has 0 bridgehead atoms. The summed E-state index contributed by atoms with van der Waals surface area (Å²) in [6.45, 7) is 2.68. The number of H-pyrrole nitrogens is 1. The van der Waals surface area contributed by atoms with Crippen LogP contribution in [-0.4, -0.2) is 49.8 Å². The molecule has 1 fully saturated rings. The van der Waals surface area contributed by atoms with Crippen molar-refractivity contribution in [2.24, 2.45) is 0 Å². The first-order valence-electron chi connectivity index (χ1n) is 6.69. The fraction of sp³-hybridized carbons (Fsp3) is 0.467. The largest absolute Gasteiger partial charge is 0.394 e. The van der Waals surface area contributed by atoms with E-state index >= 15 is 0 Å². The van der Waals surface area contributed by atoms with Gasteiger partial charge in [-0.2, -0.15) is 0 Å². The number of rotatable bonds is 2. The van der Waals surface area contributed by atoms with Crippen LogP contribution in [0.4, 0.5) is 0 Å². The van der Waals surface area contributed by atoms with Gasteiger partial charge >= 0.3 is 5.69 Å². The molecule has 124 valence electrons. The maximum atomic E-state index is 11.8. The number of aromatic amines is 1. The normalized spacial score (nSPS) is 25.6. The van der Waals surface area contributed by atoms with Crippen LogP contribution in [0.25, 0.3) is 0 Å². The number of aliphatic hydroxyl groups is 3. The molecule has 0 radical (unpaired) electrons. The molecular formula is C15H18N2O6. The third-order valence-corrected chi connectivity index (χ3v) is 3.02. The lowest BCUT2D eigenvalue weighted by Crippen LogP contribution is -2.38. The van der Waals surface area contributed by atoms with E-state index in [0.29, 0.717) is 0 Å². The van der Waals surface area contributed by atoms with Gasteiger partial charge in [-0.3, -0.25) is 14.3 Å². The van der Waals surface area contributed by atoms with E-state index in [1.807, 2.05) is 0 Å². The Labute approximate surface area is 132 Å². The van der Waals surface area contributed by atoms with Gasteiger partial charge in [-0.15, -0.1) is 18.3 Å². The van der Waals surface area contributed by atoms with Crippen LogP contribution in [0, 0.1) is 24.2 Å². The molecule has 2 heterocycles. The van der Waals surface area contributed by atoms with Crippen molar-refractivity contribution < 1.29 is 20.1 Å². The van der Waals surface area contributed by atoms with Crippen molar-refractivity contribution in [3.8, 4) is 24.2 Å². The number of aliphatic hydroxyl groups excluding tert-OH is 3. The summed E-state index contributed by atoms with van der Waals surface area (Å²) in [6, 6.07) is 0. The molecule has 0 unspecified atom stereocenters. The monoisotopic (exact) mass is 322 g/mol. The van der Waals surface area contributed by atoms with Crippen molar-refractivity contribution in [2.75, 3.05) is 6.61 Å². The maximum absolute atomic E-state index is 11.8. The average Bonchev–Trinajstić information content (AvgIpc) is 2.79. The van der Waals surface area contributed by atoms with Gasteiger partial charge in [-0.1, -0.05) is 5.92 Å². The first-order valence-corrected chi connectivity index (χ1v) is 6.69. The number of ether oxygens (including phenoxy) is 1. The molecule has 1 aliphatic rings. The highest BCUT2D eigenvalue weighted by atomic mass is 16.6. The van der Waals surface area contributed by atoms with E-state index < -0.39 is 42.4 Å². The van der Waals surface area contributed by atoms with E-state index in [4.69, 9.17) is 9.84 Å². The highest BCUT2D eigenvalue weighted by Gasteiger charge is 2.43. The highest BCUT2D eigenvalue weighted by molar-refractivity contribution is 5.28. The molecule has 4 N–H and O–H groups in total. The Bertz CT molecular complexity index is 748. The summed E-state index contributed by atoms with van der Waals surface area (Å²) in [7, 11) is 0. The third-order valence-electron chi connectivity index (χ3n) is 3.02. The van der Waals surface area contributed by atoms with Gasteiger partial charge in [-0.05, 0) is 13.8 Å². The summed E-state index contributed by atoms with van der Waals surface area (Å²) >= 11 is 0. The molecule has 8 nitrogen and oxygen atoms in total. The smallest absolute Gasteiger partial charge is 0.330 e. The number of nitrogens with one attached hydrogen (secondary N) is 1. The molecule has 1 saturated heterocycles. The number of terminal acetylenes is 1. The second-order valence-electron chi connectivity index (χ2n) is 4.60. The topological polar surface area (TPSA) is 125 Å². The summed E-state index contributed by atoms with van der Waals surface area (Å²) in [5, 5.41) is 28.5. The Morgan fingerprint density at radius 3 is 2.43 bits per heavy atom. The SMILES string of the molecule is C#CC.CC#Cc1cn([C@@H]2O[C@H](CO)[C@@H](O)[C@H]2O)c(=O)[nH]c1=O. The van der Waals surface area contributed by atoms with Gasteiger partial charge in [0.05, 0.1) is 6.61 Å². The third kappa shape index (κ3) is 4.09. The highest BCUT2D eigenvalue weighted by Crippen LogP contribution is 2.27. The molecule has 1 aromatic heterocycles. The molecule has 0 spiro atoms. The summed E-state index contributed by atoms with van der Waals surface area (Å²) in [5.74, 6) is 7.29. The van der Waals surface area contributed by atoms with Crippen LogP contribution in [0.15, 0.2) is 15.8 Å². The standard InChI is InChI=1S/C12H14N2O6.C3H4/c1-2-3-6-4-14(12(19)13-10(6)18)11-9(17)8(16)7(5-15)20-11;1-3-2/h4,7-9,11,15-17H,5H2,1H3,(H,13,18,19);1H,2H3/t7-,8-,9-,11-;/m1./s1. The molecule has 8 heteroatoms. The Morgan fingerprint density at radius 1 is 1.35 bits per heavy atom. The van der Waals surface area contributed by atoms with Crippen LogP contribution in [0.1, 0.15) is 25.6 Å². The van der Waals surface area contributed by atoms with Crippen molar-refractivity contribution in [1.82, 2.24) is 9.55 Å². The Morgan fingerprint density at radius 2 is 1.96 bits per heavy atom. The van der Waals surface area contributed by atoms with Gasteiger partial charge in [-0.25, -0.2) is 4.79 Å². The predicted molar refractivity (Wildman–Crippen MR) is 81.4 cm³/mol. The van der Waals surface area contributed by atoms with E-state index in [0.717, 1.165) is 10.8 Å². The van der Waals surface area contributed by atoms with Gasteiger partial charge < -0.3 is 20.1 Å². The zero-order valence-corrected chi connectivity index (χ0v) is 12.7. The summed E-state index contributed by atoms with van der Waals surface area (Å²) in [6.07, 6.45) is 0.805. The van der Waals surface area contributed by atoms with Crippen LogP contribution in [0.5, 0.6) is 0 Å². The van der Waals surface area contributed by atoms with Crippen molar-refractivity contribution in [2.45, 2.75) is 38.4 Å². The zero-order chi connectivity index (χ0) is 17.6. The fourth-order valence-corrected chi connectivity index (χ4v) is 2.01. The lowest BCUT2D eigenvalue weighted by Gasteiger charge is -2.17. The first kappa shape index (κ1) is 18.7. The Kier molecular flexibility index (Phi) is 6.76. The van der Waals surface area contributed by atoms with Crippen LogP contribution in [0.3, 0.4) is 0 Å². The number of aromatic nitrogens is 2. The average molecular weight is 322 g/mol. The van der Waals surface area contributed by atoms with E-state index in [1.54, 1.807) is 6.92 Å². The second-order valence-corrected chi connectivity index (χ2v) is 4.60. The van der Waals surface area contributed by atoms with Crippen LogP contribution < -0.4 is 11.2 Å². The van der Waals surface area contributed by atoms with Crippen molar-refractivity contribution in [3.05, 3.63) is 32.6 Å². The molecule has 0 aromatic carbocycles. The second kappa shape index (κ2) is 8.32. The summed E-state index contributed by atoms with van der Waals surface area (Å²) < 4.78 is 6.15. The molecule has 23 heavy (non-hydrogen) atoms. The molecule has 2 rings (SSSR count). The maximum Gasteiger partial charge on any atom is 0.330 e. The minimum atomic E-state index is -1.40. The van der Waals surface area contributed by atoms with E-state index in [9.17, 15) is 19.8 Å². The van der Waals surface area contributed by atoms with E-state index in [2.05, 4.69) is 29.2 Å². The van der Waals surface area contributed by atoms with Gasteiger partial charge in [0.15, 0.2) is 6.23 Å². The van der Waals surface area contributed by atoms with Gasteiger partial charge in [0, 0.05) is 6.20 Å². The molecule has 4 atom stereocenters. The van der Waals surface area contributed by atoms with E-state index in [1.165, 1.54) is 6.92 Å². The fourth-order valence-electron chi connectivity index (χ4n) is 2.01. The summed E-state index contributed by atoms with van der Waals surface area (Å²) in [5.41, 5.74) is -1.41. The lowest BCUT2D eigenvalue weighted by atomic mass is 10.1. The van der Waals surface area contributed by atoms with E-state index in [-0.39, 0.29) is 5.56 Å². The molecule has 0 saturated carbocycles. The quantitative estimate of drug-likeness (QED) is 0.474. The molecule has 0 amide bonds. The van der Waals surface area contributed by atoms with Gasteiger partial charge in [0.2, 0.25) is 0 Å². The zero-order valence-electron chi connectivity index (χ0n) is 12.7. The Balaban J connectivity index is 0.000000816. The Hall–Kier alpha value is -2.36. The number of hydrogen-bond donors (Lipinski definition) is 4. The number of hydrogen-bond acceptors (Lipinski definition) is 6. The lowest BCUT2D eigenvalue weighted by molar-refractivity contribution is -0.0550. The minimum absolute atomic E-state index is 0.0323. The first-order chi connectivity index (χ1) is 10.9. The van der Waals surface area contributed by atoms with Crippen LogP contribution in [-0.2, 0) is 4.74 Å². The van der Waals surface area contributed by atoms with Gasteiger partial charge in [0.25, 0.3) is 5.56 Å². The van der Waals surface area contributed by atoms with Crippen LogP contribution >= 0.6 is 0 Å². The number of nitrogens with zero attached hydrogens (tertiary/aromatic N) is 1. The molecule has 0 aliphatic carbocycles. The minimum Gasteiger partial charge on any atom is -0.394 e. The summed E-state index contributed by atoms with van der Waals surface area (Å²) in [4.78, 5) is 25.3. The van der Waals surface area contributed by atoms with Gasteiger partial charge in [0.1, 0.15) is 23.9 Å². The van der Waals surface area contributed by atoms with Crippen LogP contribution in [0.2, 0.25) is 0 Å². The van der Waals surface area contributed by atoms with Crippen molar-refractivity contribution in [1.29, 1.82) is 0 Å². The van der Waals surface area contributed by atoms with Crippen molar-refractivity contribution >= 4 is 0 Å². The predicted octanol–water partition coefficient (Wildman–Crippen LogP) is -1.84. The molecule has 1 aromatic rings. The molecular weight excluding hydrogens is 304 g/mol. The molecule has 1 aliphatic heterocycles.